The molecule has 1 aromatic carbocycles. The van der Waals surface area contributed by atoms with Gasteiger partial charge >= 0.3 is 0 Å². The molecule has 0 bridgehead atoms. The molecule has 0 aliphatic rings. The lowest BCUT2D eigenvalue weighted by Gasteiger charge is -2.07. The summed E-state index contributed by atoms with van der Waals surface area (Å²) in [5.41, 5.74) is 1.67. The normalized spacial score (nSPS) is 10.8. The minimum Gasteiger partial charge on any atom is -0.467 e. The number of hydrogen-bond acceptors (Lipinski definition) is 5. The largest absolute Gasteiger partial charge is 0.467 e. The van der Waals surface area contributed by atoms with Crippen molar-refractivity contribution in [3.05, 3.63) is 72.6 Å². The molecule has 3 heterocycles. The summed E-state index contributed by atoms with van der Waals surface area (Å²) < 4.78 is 6.95. The van der Waals surface area contributed by atoms with Gasteiger partial charge in [0.05, 0.1) is 29.7 Å². The Hall–Kier alpha value is -3.48. The number of para-hydroxylation sites is 2. The van der Waals surface area contributed by atoms with Crippen LogP contribution in [0, 0.1) is 0 Å². The van der Waals surface area contributed by atoms with E-state index in [1.165, 1.54) is 6.20 Å². The van der Waals surface area contributed by atoms with Crippen molar-refractivity contribution in [2.45, 2.75) is 6.54 Å². The molecule has 0 atom stereocenters. The Morgan fingerprint density at radius 3 is 2.83 bits per heavy atom. The van der Waals surface area contributed by atoms with Crippen LogP contribution in [-0.2, 0) is 6.54 Å². The van der Waals surface area contributed by atoms with E-state index < -0.39 is 0 Å². The third-order valence-corrected chi connectivity index (χ3v) is 3.53. The maximum absolute atomic E-state index is 12.4. The lowest BCUT2D eigenvalue weighted by Crippen LogP contribution is -2.17. The van der Waals surface area contributed by atoms with E-state index in [1.54, 1.807) is 23.2 Å². The smallest absolute Gasteiger partial charge is 0.277 e. The number of anilines is 1. The van der Waals surface area contributed by atoms with E-state index in [9.17, 15) is 4.79 Å². The third-order valence-electron chi connectivity index (χ3n) is 3.53. The van der Waals surface area contributed by atoms with Gasteiger partial charge in [-0.2, -0.15) is 5.10 Å². The number of aromatic nitrogens is 4. The minimum atomic E-state index is -0.338. The van der Waals surface area contributed by atoms with Gasteiger partial charge in [0, 0.05) is 6.07 Å². The van der Waals surface area contributed by atoms with Crippen LogP contribution in [-0.4, -0.2) is 25.7 Å². The van der Waals surface area contributed by atoms with Crippen molar-refractivity contribution in [2.75, 3.05) is 5.32 Å². The van der Waals surface area contributed by atoms with Crippen LogP contribution in [0.4, 0.5) is 5.82 Å². The predicted octanol–water partition coefficient (Wildman–Crippen LogP) is 2.72. The molecule has 0 aliphatic carbocycles. The topological polar surface area (TPSA) is 85.8 Å². The number of carbonyl (C=O) groups is 1. The Morgan fingerprint density at radius 2 is 2.00 bits per heavy atom. The Kier molecular flexibility index (Phi) is 3.51. The second-order valence-corrected chi connectivity index (χ2v) is 5.15. The second kappa shape index (κ2) is 5.96. The molecule has 0 saturated carbocycles. The summed E-state index contributed by atoms with van der Waals surface area (Å²) in [7, 11) is 0. The molecule has 1 N–H and O–H groups in total. The Bertz CT molecular complexity index is 991. The summed E-state index contributed by atoms with van der Waals surface area (Å²) >= 11 is 0. The van der Waals surface area contributed by atoms with E-state index in [0.717, 1.165) is 11.3 Å². The molecule has 118 valence electrons. The lowest BCUT2D eigenvalue weighted by atomic mass is 10.3. The average Bonchev–Trinajstić information content (AvgIpc) is 3.27. The molecule has 3 aromatic heterocycles. The average molecular weight is 319 g/mol. The van der Waals surface area contributed by atoms with Crippen molar-refractivity contribution >= 4 is 22.8 Å². The first kappa shape index (κ1) is 14.1. The fourth-order valence-electron chi connectivity index (χ4n) is 2.36. The first-order valence-corrected chi connectivity index (χ1v) is 7.37. The van der Waals surface area contributed by atoms with E-state index in [0.29, 0.717) is 17.9 Å². The number of nitrogens with zero attached hydrogens (tertiary/aromatic N) is 4. The molecule has 0 aliphatic heterocycles. The molecule has 0 unspecified atom stereocenters. The standard InChI is InChI=1S/C17H13N5O2/c23-17(15-10-18-13-5-1-2-6-14(13)20-15)21-16-7-8-19-22(16)11-12-4-3-9-24-12/h1-10H,11H2,(H,21,23). The van der Waals surface area contributed by atoms with Crippen LogP contribution in [0.25, 0.3) is 11.0 Å². The van der Waals surface area contributed by atoms with Crippen molar-refractivity contribution in [3.8, 4) is 0 Å². The van der Waals surface area contributed by atoms with Crippen LogP contribution in [0.3, 0.4) is 0 Å². The zero-order chi connectivity index (χ0) is 16.4. The fraction of sp³-hybridized carbons (Fsp3) is 0.0588. The number of rotatable bonds is 4. The number of hydrogen-bond donors (Lipinski definition) is 1. The van der Waals surface area contributed by atoms with Gasteiger partial charge in [-0.25, -0.2) is 9.67 Å². The molecule has 7 heteroatoms. The van der Waals surface area contributed by atoms with Gasteiger partial charge < -0.3 is 9.73 Å². The molecule has 4 rings (SSSR count). The maximum Gasteiger partial charge on any atom is 0.277 e. The number of amides is 1. The van der Waals surface area contributed by atoms with Crippen molar-refractivity contribution in [1.82, 2.24) is 19.7 Å². The summed E-state index contributed by atoms with van der Waals surface area (Å²) in [6.07, 6.45) is 4.68. The number of furan rings is 1. The number of benzene rings is 1. The van der Waals surface area contributed by atoms with Crippen LogP contribution < -0.4 is 5.32 Å². The first-order chi connectivity index (χ1) is 11.8. The molecule has 0 fully saturated rings. The number of fused-ring (bicyclic) bond motifs is 1. The van der Waals surface area contributed by atoms with E-state index >= 15 is 0 Å². The lowest BCUT2D eigenvalue weighted by molar-refractivity contribution is 0.102. The van der Waals surface area contributed by atoms with Crippen molar-refractivity contribution in [2.24, 2.45) is 0 Å². The Morgan fingerprint density at radius 1 is 1.12 bits per heavy atom. The highest BCUT2D eigenvalue weighted by atomic mass is 16.3. The van der Waals surface area contributed by atoms with Crippen LogP contribution in [0.5, 0.6) is 0 Å². The maximum atomic E-state index is 12.4. The highest BCUT2D eigenvalue weighted by molar-refractivity contribution is 6.03. The van der Waals surface area contributed by atoms with E-state index in [2.05, 4.69) is 20.4 Å². The molecule has 0 spiro atoms. The molecule has 0 saturated heterocycles. The van der Waals surface area contributed by atoms with E-state index in [1.807, 2.05) is 36.4 Å². The summed E-state index contributed by atoms with van der Waals surface area (Å²) in [6, 6.07) is 12.8. The van der Waals surface area contributed by atoms with Gasteiger partial charge in [-0.3, -0.25) is 9.78 Å². The quantitative estimate of drug-likeness (QED) is 0.625. The van der Waals surface area contributed by atoms with Crippen LogP contribution in [0.2, 0.25) is 0 Å². The first-order valence-electron chi connectivity index (χ1n) is 7.37. The number of carbonyl (C=O) groups excluding carboxylic acids is 1. The summed E-state index contributed by atoms with van der Waals surface area (Å²) in [6.45, 7) is 0.430. The molecule has 4 aromatic rings. The highest BCUT2D eigenvalue weighted by Gasteiger charge is 2.13. The van der Waals surface area contributed by atoms with Crippen molar-refractivity contribution < 1.29 is 9.21 Å². The van der Waals surface area contributed by atoms with Gasteiger partial charge in [-0.05, 0) is 24.3 Å². The predicted molar refractivity (Wildman–Crippen MR) is 87.5 cm³/mol. The van der Waals surface area contributed by atoms with Gasteiger partial charge in [0.15, 0.2) is 0 Å². The van der Waals surface area contributed by atoms with Gasteiger partial charge in [0.2, 0.25) is 0 Å². The molecular weight excluding hydrogens is 306 g/mol. The molecule has 7 nitrogen and oxygen atoms in total. The Balaban J connectivity index is 1.56. The highest BCUT2D eigenvalue weighted by Crippen LogP contribution is 2.13. The summed E-state index contributed by atoms with van der Waals surface area (Å²) in [5, 5.41) is 6.99. The van der Waals surface area contributed by atoms with Crippen molar-refractivity contribution in [3.63, 3.8) is 0 Å². The monoisotopic (exact) mass is 319 g/mol. The van der Waals surface area contributed by atoms with Crippen LogP contribution >= 0.6 is 0 Å². The van der Waals surface area contributed by atoms with Gasteiger partial charge in [0.25, 0.3) is 5.91 Å². The fourth-order valence-corrected chi connectivity index (χ4v) is 2.36. The molecular formula is C17H13N5O2. The molecule has 0 radical (unpaired) electrons. The SMILES string of the molecule is O=C(Nc1ccnn1Cc1ccco1)c1cnc2ccccc2n1. The van der Waals surface area contributed by atoms with Crippen LogP contribution in [0.15, 0.2) is 65.5 Å². The van der Waals surface area contributed by atoms with E-state index in [-0.39, 0.29) is 11.6 Å². The summed E-state index contributed by atoms with van der Waals surface area (Å²) in [5.74, 6) is 0.973. The zero-order valence-corrected chi connectivity index (χ0v) is 12.6. The van der Waals surface area contributed by atoms with E-state index in [4.69, 9.17) is 4.42 Å². The van der Waals surface area contributed by atoms with Gasteiger partial charge in [-0.1, -0.05) is 12.1 Å². The van der Waals surface area contributed by atoms with Crippen LogP contribution in [0.1, 0.15) is 16.2 Å². The zero-order valence-electron chi connectivity index (χ0n) is 12.6. The molecule has 24 heavy (non-hydrogen) atoms. The molecule has 1 amide bonds. The second-order valence-electron chi connectivity index (χ2n) is 5.15. The van der Waals surface area contributed by atoms with Crippen molar-refractivity contribution in [1.29, 1.82) is 0 Å². The third kappa shape index (κ3) is 2.74. The minimum absolute atomic E-state index is 0.249. The Labute approximate surface area is 137 Å². The summed E-state index contributed by atoms with van der Waals surface area (Å²) in [4.78, 5) is 21.0. The van der Waals surface area contributed by atoms with Gasteiger partial charge in [0.1, 0.15) is 23.8 Å². The van der Waals surface area contributed by atoms with Gasteiger partial charge in [-0.15, -0.1) is 0 Å². The number of nitrogens with one attached hydrogen (secondary N) is 1.